The minimum atomic E-state index is -0.604. The molecule has 0 aliphatic heterocycles. The first-order chi connectivity index (χ1) is 11.6. The number of aliphatic hydroxyl groups is 3. The van der Waals surface area contributed by atoms with Crippen LogP contribution in [0.25, 0.3) is 0 Å². The van der Waals surface area contributed by atoms with E-state index in [0.717, 1.165) is 50.9 Å². The summed E-state index contributed by atoms with van der Waals surface area (Å²) in [6.45, 7) is 2.42. The van der Waals surface area contributed by atoms with Gasteiger partial charge in [0.05, 0.1) is 12.2 Å². The quantitative estimate of drug-likeness (QED) is 0.423. The van der Waals surface area contributed by atoms with Crippen LogP contribution in [0, 0.1) is 23.7 Å². The number of unbranched alkanes of at least 4 members (excludes halogenated alkanes) is 3. The summed E-state index contributed by atoms with van der Waals surface area (Å²) in [7, 11) is 0. The van der Waals surface area contributed by atoms with Crippen molar-refractivity contribution in [2.24, 2.45) is 23.7 Å². The van der Waals surface area contributed by atoms with E-state index in [1.165, 1.54) is 6.42 Å². The second-order valence-electron chi connectivity index (χ2n) is 7.73. The van der Waals surface area contributed by atoms with Gasteiger partial charge in [-0.15, -0.1) is 0 Å². The lowest BCUT2D eigenvalue weighted by atomic mass is 9.70. The summed E-state index contributed by atoms with van der Waals surface area (Å²) >= 11 is 0. The summed E-state index contributed by atoms with van der Waals surface area (Å²) in [5.74, 6) is 0.999. The Hall–Kier alpha value is -0.710. The fraction of sp³-hybridized carbons (Fsp3) is 0.850. The standard InChI is InChI=1S/C20H34O4/c1-2-14-11-15(12-14)18(22)9-8-17-16(19(23)13-20(17)24)7-5-3-4-6-10-21/h8-9,14-18,20-22,24H,2-7,10-13H2,1H3/b9-8+/t14?,15?,16-,17-,18-,20-/m1/s1. The summed E-state index contributed by atoms with van der Waals surface area (Å²) in [4.78, 5) is 12.1. The molecule has 2 aliphatic carbocycles. The van der Waals surface area contributed by atoms with Crippen molar-refractivity contribution < 1.29 is 20.1 Å². The molecular formula is C20H34O4. The van der Waals surface area contributed by atoms with Gasteiger partial charge in [-0.05, 0) is 37.5 Å². The molecule has 0 radical (unpaired) electrons. The van der Waals surface area contributed by atoms with E-state index in [-0.39, 0.29) is 30.6 Å². The molecule has 3 N–H and O–H groups in total. The van der Waals surface area contributed by atoms with Crippen LogP contribution in [0.4, 0.5) is 0 Å². The predicted molar refractivity (Wildman–Crippen MR) is 94.4 cm³/mol. The van der Waals surface area contributed by atoms with E-state index in [1.807, 2.05) is 12.2 Å². The second kappa shape index (κ2) is 9.69. The monoisotopic (exact) mass is 338 g/mol. The van der Waals surface area contributed by atoms with Crippen LogP contribution in [-0.4, -0.2) is 39.9 Å². The highest BCUT2D eigenvalue weighted by Gasteiger charge is 2.40. The molecule has 2 saturated carbocycles. The summed E-state index contributed by atoms with van der Waals surface area (Å²) in [5.41, 5.74) is 0. The van der Waals surface area contributed by atoms with Crippen molar-refractivity contribution in [2.45, 2.75) is 76.9 Å². The van der Waals surface area contributed by atoms with E-state index >= 15 is 0 Å². The first kappa shape index (κ1) is 19.6. The van der Waals surface area contributed by atoms with Gasteiger partial charge < -0.3 is 15.3 Å². The lowest BCUT2D eigenvalue weighted by Crippen LogP contribution is -2.32. The van der Waals surface area contributed by atoms with Crippen molar-refractivity contribution >= 4 is 5.78 Å². The highest BCUT2D eigenvalue weighted by Crippen LogP contribution is 2.39. The van der Waals surface area contributed by atoms with Crippen LogP contribution in [0.5, 0.6) is 0 Å². The molecular weight excluding hydrogens is 304 g/mol. The molecule has 0 aromatic rings. The Morgan fingerprint density at radius 2 is 1.92 bits per heavy atom. The van der Waals surface area contributed by atoms with Gasteiger partial charge in [-0.25, -0.2) is 0 Å². The Bertz CT molecular complexity index is 414. The summed E-state index contributed by atoms with van der Waals surface area (Å²) in [6.07, 6.45) is 10.8. The van der Waals surface area contributed by atoms with Crippen molar-refractivity contribution in [3.8, 4) is 0 Å². The van der Waals surface area contributed by atoms with Crippen LogP contribution >= 0.6 is 0 Å². The Kier molecular flexibility index (Phi) is 7.92. The highest BCUT2D eigenvalue weighted by atomic mass is 16.3. The average molecular weight is 338 g/mol. The lowest BCUT2D eigenvalue weighted by molar-refractivity contribution is -0.121. The Balaban J connectivity index is 1.81. The van der Waals surface area contributed by atoms with Crippen LogP contribution in [0.1, 0.15) is 64.7 Å². The summed E-state index contributed by atoms with van der Waals surface area (Å²) in [5, 5.41) is 29.3. The van der Waals surface area contributed by atoms with Crippen LogP contribution in [0.2, 0.25) is 0 Å². The molecule has 0 amide bonds. The smallest absolute Gasteiger partial charge is 0.139 e. The molecule has 2 rings (SSSR count). The van der Waals surface area contributed by atoms with E-state index in [4.69, 9.17) is 5.11 Å². The van der Waals surface area contributed by atoms with Gasteiger partial charge in [0, 0.05) is 24.9 Å². The zero-order valence-corrected chi connectivity index (χ0v) is 14.9. The van der Waals surface area contributed by atoms with Gasteiger partial charge >= 0.3 is 0 Å². The second-order valence-corrected chi connectivity index (χ2v) is 7.73. The van der Waals surface area contributed by atoms with E-state index in [9.17, 15) is 15.0 Å². The third-order valence-corrected chi connectivity index (χ3v) is 6.02. The van der Waals surface area contributed by atoms with Gasteiger partial charge in [0.15, 0.2) is 0 Å². The van der Waals surface area contributed by atoms with Crippen molar-refractivity contribution in [1.29, 1.82) is 0 Å². The van der Waals surface area contributed by atoms with E-state index in [2.05, 4.69) is 6.92 Å². The van der Waals surface area contributed by atoms with E-state index in [1.54, 1.807) is 0 Å². The number of ketones is 1. The number of carbonyl (C=O) groups excluding carboxylic acids is 1. The maximum Gasteiger partial charge on any atom is 0.139 e. The fourth-order valence-electron chi connectivity index (χ4n) is 4.22. The molecule has 4 nitrogen and oxygen atoms in total. The highest BCUT2D eigenvalue weighted by molar-refractivity contribution is 5.84. The van der Waals surface area contributed by atoms with E-state index in [0.29, 0.717) is 5.92 Å². The zero-order valence-electron chi connectivity index (χ0n) is 14.9. The van der Waals surface area contributed by atoms with Crippen LogP contribution in [-0.2, 0) is 4.79 Å². The molecule has 0 saturated heterocycles. The molecule has 24 heavy (non-hydrogen) atoms. The molecule has 0 heterocycles. The SMILES string of the molecule is CCC1CC([C@H](O)/C=C/[C@H]2[C@H](O)CC(=O)[C@@H]2CCCCCCO)C1. The minimum Gasteiger partial charge on any atom is -0.396 e. The first-order valence-electron chi connectivity index (χ1n) is 9.74. The zero-order chi connectivity index (χ0) is 17.5. The first-order valence-corrected chi connectivity index (χ1v) is 9.74. The molecule has 0 spiro atoms. The Morgan fingerprint density at radius 1 is 1.21 bits per heavy atom. The Morgan fingerprint density at radius 3 is 2.58 bits per heavy atom. The fourth-order valence-corrected chi connectivity index (χ4v) is 4.22. The van der Waals surface area contributed by atoms with Crippen molar-refractivity contribution in [3.05, 3.63) is 12.2 Å². The molecule has 2 fully saturated rings. The number of carbonyl (C=O) groups is 1. The molecule has 138 valence electrons. The van der Waals surface area contributed by atoms with Gasteiger partial charge in [-0.2, -0.15) is 0 Å². The molecule has 0 bridgehead atoms. The number of Topliss-reactive ketones (excluding diaryl/α,β-unsaturated/α-hetero) is 1. The predicted octanol–water partition coefficient (Wildman–Crippen LogP) is 2.85. The third-order valence-electron chi connectivity index (χ3n) is 6.02. The number of hydrogen-bond acceptors (Lipinski definition) is 4. The molecule has 2 aliphatic rings. The van der Waals surface area contributed by atoms with Crippen LogP contribution < -0.4 is 0 Å². The molecule has 0 aromatic heterocycles. The summed E-state index contributed by atoms with van der Waals surface area (Å²) in [6, 6.07) is 0. The van der Waals surface area contributed by atoms with Crippen molar-refractivity contribution in [1.82, 2.24) is 0 Å². The van der Waals surface area contributed by atoms with Crippen LogP contribution in [0.3, 0.4) is 0 Å². The maximum atomic E-state index is 12.1. The van der Waals surface area contributed by atoms with Crippen molar-refractivity contribution in [3.63, 3.8) is 0 Å². The van der Waals surface area contributed by atoms with Crippen LogP contribution in [0.15, 0.2) is 12.2 Å². The normalized spacial score (nSPS) is 34.7. The van der Waals surface area contributed by atoms with Gasteiger partial charge in [-0.3, -0.25) is 4.79 Å². The molecule has 0 aromatic carbocycles. The Labute approximate surface area is 146 Å². The minimum absolute atomic E-state index is 0.109. The van der Waals surface area contributed by atoms with Gasteiger partial charge in [-0.1, -0.05) is 44.8 Å². The summed E-state index contributed by atoms with van der Waals surface area (Å²) < 4.78 is 0. The number of hydrogen-bond donors (Lipinski definition) is 3. The molecule has 0 unspecified atom stereocenters. The number of rotatable bonds is 10. The largest absolute Gasteiger partial charge is 0.396 e. The number of aliphatic hydroxyl groups excluding tert-OH is 3. The lowest BCUT2D eigenvalue weighted by Gasteiger charge is -2.37. The van der Waals surface area contributed by atoms with Gasteiger partial charge in [0.2, 0.25) is 0 Å². The van der Waals surface area contributed by atoms with Gasteiger partial charge in [0.25, 0.3) is 0 Å². The topological polar surface area (TPSA) is 77.8 Å². The molecule has 4 atom stereocenters. The maximum absolute atomic E-state index is 12.1. The van der Waals surface area contributed by atoms with Crippen molar-refractivity contribution in [2.75, 3.05) is 6.61 Å². The third kappa shape index (κ3) is 5.14. The van der Waals surface area contributed by atoms with Gasteiger partial charge in [0.1, 0.15) is 5.78 Å². The average Bonchev–Trinajstić information content (AvgIpc) is 2.77. The van der Waals surface area contributed by atoms with E-state index < -0.39 is 12.2 Å². The molecule has 4 heteroatoms.